The number of carbonyl (C=O) groups is 2. The highest BCUT2D eigenvalue weighted by Crippen LogP contribution is 2.46. The lowest BCUT2D eigenvalue weighted by Crippen LogP contribution is -2.53. The number of nitrogens with one attached hydrogen (secondary N) is 2. The van der Waals surface area contributed by atoms with Crippen molar-refractivity contribution in [3.05, 3.63) is 83.4 Å². The van der Waals surface area contributed by atoms with Gasteiger partial charge in [-0.3, -0.25) is 9.59 Å². The Morgan fingerprint density at radius 1 is 1.06 bits per heavy atom. The lowest BCUT2D eigenvalue weighted by molar-refractivity contribution is -0.156. The summed E-state index contributed by atoms with van der Waals surface area (Å²) in [6.45, 7) is 1.11. The van der Waals surface area contributed by atoms with Gasteiger partial charge in [-0.15, -0.1) is 0 Å². The van der Waals surface area contributed by atoms with Gasteiger partial charge in [-0.25, -0.2) is 0 Å². The summed E-state index contributed by atoms with van der Waals surface area (Å²) in [6, 6.07) is 17.6. The molecule has 1 saturated heterocycles. The largest absolute Gasteiger partial charge is 0.395 e. The molecule has 9 nitrogen and oxygen atoms in total. The van der Waals surface area contributed by atoms with Gasteiger partial charge in [0.25, 0.3) is 0 Å². The molecule has 5 N–H and O–H groups in total. The van der Waals surface area contributed by atoms with E-state index < -0.39 is 48.1 Å². The van der Waals surface area contributed by atoms with Crippen LogP contribution >= 0.6 is 0 Å². The Hall–Kier alpha value is -3.08. The van der Waals surface area contributed by atoms with Crippen molar-refractivity contribution in [2.24, 2.45) is 0 Å². The Bertz CT molecular complexity index is 1020. The molecule has 186 valence electrons. The number of fused-ring (bicyclic) bond motifs is 1. The lowest BCUT2D eigenvalue weighted by Gasteiger charge is -2.30. The molecule has 0 aromatic heterocycles. The van der Waals surface area contributed by atoms with Crippen LogP contribution in [0.4, 0.5) is 0 Å². The minimum absolute atomic E-state index is 0.00464. The molecule has 35 heavy (non-hydrogen) atoms. The third-order valence-electron chi connectivity index (χ3n) is 6.16. The van der Waals surface area contributed by atoms with Crippen molar-refractivity contribution in [1.82, 2.24) is 10.6 Å². The smallest absolute Gasteiger partial charge is 0.247 e. The van der Waals surface area contributed by atoms with E-state index in [9.17, 15) is 19.8 Å². The van der Waals surface area contributed by atoms with E-state index >= 15 is 0 Å². The Kier molecular flexibility index (Phi) is 7.63. The number of aliphatic hydroxyl groups excluding tert-OH is 3. The van der Waals surface area contributed by atoms with Crippen LogP contribution in [0.15, 0.2) is 72.3 Å². The average Bonchev–Trinajstić information content (AvgIpc) is 3.28. The molecule has 2 aliphatic rings. The maximum Gasteiger partial charge on any atom is 0.247 e. The molecule has 0 radical (unpaired) electrons. The second-order valence-electron chi connectivity index (χ2n) is 8.68. The Balaban J connectivity index is 1.60. The quantitative estimate of drug-likeness (QED) is 0.366. The molecule has 5 unspecified atom stereocenters. The number of hydrogen-bond donors (Lipinski definition) is 5. The van der Waals surface area contributed by atoms with Crippen LogP contribution in [-0.2, 0) is 24.8 Å². The van der Waals surface area contributed by atoms with Crippen LogP contribution in [0, 0.1) is 0 Å². The maximum absolute atomic E-state index is 13.0. The van der Waals surface area contributed by atoms with Gasteiger partial charge in [0.05, 0.1) is 18.8 Å². The van der Waals surface area contributed by atoms with Crippen molar-refractivity contribution in [1.29, 1.82) is 0 Å². The number of rotatable bonds is 8. The molecule has 0 spiro atoms. The Morgan fingerprint density at radius 2 is 1.66 bits per heavy atom. The minimum atomic E-state index is -1.27. The molecule has 2 aromatic carbocycles. The number of aliphatic hydroxyl groups is 3. The first-order valence-corrected chi connectivity index (χ1v) is 11.6. The minimum Gasteiger partial charge on any atom is -0.395 e. The number of benzene rings is 2. The maximum atomic E-state index is 13.0. The average molecular weight is 483 g/mol. The van der Waals surface area contributed by atoms with Gasteiger partial charge in [0, 0.05) is 29.7 Å². The zero-order valence-corrected chi connectivity index (χ0v) is 19.3. The van der Waals surface area contributed by atoms with E-state index in [-0.39, 0.29) is 25.1 Å². The highest BCUT2D eigenvalue weighted by atomic mass is 16.8. The number of ether oxygens (including phenoxy) is 2. The van der Waals surface area contributed by atoms with Crippen molar-refractivity contribution in [3.63, 3.8) is 0 Å². The van der Waals surface area contributed by atoms with Gasteiger partial charge < -0.3 is 35.4 Å². The first-order valence-electron chi connectivity index (χ1n) is 11.6. The summed E-state index contributed by atoms with van der Waals surface area (Å²) in [4.78, 5) is 25.3. The van der Waals surface area contributed by atoms with Crippen LogP contribution < -0.4 is 10.6 Å². The molecule has 1 aliphatic carbocycles. The monoisotopic (exact) mass is 482 g/mol. The topological polar surface area (TPSA) is 137 Å². The summed E-state index contributed by atoms with van der Waals surface area (Å²) in [6.07, 6.45) is -2.06. The van der Waals surface area contributed by atoms with Crippen LogP contribution in [0.2, 0.25) is 0 Å². The summed E-state index contributed by atoms with van der Waals surface area (Å²) in [5.74, 6) is -2.49. The molecule has 2 aromatic rings. The van der Waals surface area contributed by atoms with E-state index in [0.717, 1.165) is 11.1 Å². The fraction of sp³-hybridized carbons (Fsp3) is 0.385. The summed E-state index contributed by atoms with van der Waals surface area (Å²) < 4.78 is 12.8. The van der Waals surface area contributed by atoms with Crippen LogP contribution in [0.25, 0.3) is 0 Å². The predicted molar refractivity (Wildman–Crippen MR) is 126 cm³/mol. The third-order valence-corrected chi connectivity index (χ3v) is 6.16. The molecule has 4 rings (SSSR count). The van der Waals surface area contributed by atoms with Crippen LogP contribution in [0.1, 0.15) is 24.5 Å². The zero-order chi connectivity index (χ0) is 25.0. The molecule has 1 aliphatic heterocycles. The highest BCUT2D eigenvalue weighted by Gasteiger charge is 2.53. The van der Waals surface area contributed by atoms with Crippen LogP contribution in [-0.4, -0.2) is 70.7 Å². The second-order valence-corrected chi connectivity index (χ2v) is 8.68. The first-order chi connectivity index (χ1) is 16.9. The van der Waals surface area contributed by atoms with Crippen molar-refractivity contribution in [2.45, 2.75) is 49.6 Å². The van der Waals surface area contributed by atoms with Gasteiger partial charge >= 0.3 is 0 Å². The SMILES string of the molecule is CC(O)C(NC(=O)C1=CC2OC(c3ccccc3)(c3ccccc3)OC2C(O)C1)C(=O)NCCO. The second kappa shape index (κ2) is 10.7. The van der Waals surface area contributed by atoms with E-state index in [2.05, 4.69) is 10.6 Å². The fourth-order valence-corrected chi connectivity index (χ4v) is 4.43. The van der Waals surface area contributed by atoms with Gasteiger partial charge in [0.15, 0.2) is 0 Å². The molecular weight excluding hydrogens is 452 g/mol. The lowest BCUT2D eigenvalue weighted by atomic mass is 9.91. The van der Waals surface area contributed by atoms with Gasteiger partial charge in [-0.2, -0.15) is 0 Å². The summed E-state index contributed by atoms with van der Waals surface area (Å²) >= 11 is 0. The fourth-order valence-electron chi connectivity index (χ4n) is 4.43. The van der Waals surface area contributed by atoms with E-state index in [1.54, 1.807) is 6.08 Å². The molecule has 2 amide bonds. The van der Waals surface area contributed by atoms with Crippen molar-refractivity contribution < 1.29 is 34.4 Å². The van der Waals surface area contributed by atoms with Crippen LogP contribution in [0.5, 0.6) is 0 Å². The predicted octanol–water partition coefficient (Wildman–Crippen LogP) is 0.337. The number of amides is 2. The van der Waals surface area contributed by atoms with Gasteiger partial charge in [0.2, 0.25) is 17.6 Å². The number of carbonyl (C=O) groups excluding carboxylic acids is 2. The molecule has 1 fully saturated rings. The standard InChI is InChI=1S/C26H30N2O7/c1-16(30)22(25(33)27-12-13-29)28-24(32)17-14-20(31)23-21(15-17)34-26(35-23,18-8-4-2-5-9-18)19-10-6-3-7-11-19/h2-11,15-16,20-23,29-31H,12-14H2,1H3,(H,27,33)(H,28,32). The molecule has 0 saturated carbocycles. The zero-order valence-electron chi connectivity index (χ0n) is 19.3. The molecule has 5 atom stereocenters. The summed E-state index contributed by atoms with van der Waals surface area (Å²) in [7, 11) is 0. The van der Waals surface area contributed by atoms with Gasteiger partial charge in [-0.1, -0.05) is 60.7 Å². The van der Waals surface area contributed by atoms with Crippen molar-refractivity contribution in [3.8, 4) is 0 Å². The van der Waals surface area contributed by atoms with E-state index in [1.807, 2.05) is 60.7 Å². The normalized spacial score (nSPS) is 24.6. The Labute approximate surface area is 203 Å². The first kappa shape index (κ1) is 25.0. The highest BCUT2D eigenvalue weighted by molar-refractivity contribution is 5.97. The van der Waals surface area contributed by atoms with Gasteiger partial charge in [0.1, 0.15) is 18.2 Å². The van der Waals surface area contributed by atoms with Crippen molar-refractivity contribution in [2.75, 3.05) is 13.2 Å². The van der Waals surface area contributed by atoms with Crippen LogP contribution in [0.3, 0.4) is 0 Å². The van der Waals surface area contributed by atoms with E-state index in [1.165, 1.54) is 6.92 Å². The molecule has 1 heterocycles. The van der Waals surface area contributed by atoms with E-state index in [0.29, 0.717) is 0 Å². The number of hydrogen-bond acceptors (Lipinski definition) is 7. The van der Waals surface area contributed by atoms with Gasteiger partial charge in [-0.05, 0) is 13.0 Å². The third kappa shape index (κ3) is 5.14. The molecule has 0 bridgehead atoms. The van der Waals surface area contributed by atoms with Crippen molar-refractivity contribution >= 4 is 11.8 Å². The van der Waals surface area contributed by atoms with E-state index in [4.69, 9.17) is 14.6 Å². The molecule has 9 heteroatoms. The Morgan fingerprint density at radius 3 is 2.20 bits per heavy atom. The molecular formula is C26H30N2O7. The summed E-state index contributed by atoms with van der Waals surface area (Å²) in [5, 5.41) is 34.8. The summed E-state index contributed by atoms with van der Waals surface area (Å²) in [5.41, 5.74) is 1.73.